The second-order valence-electron chi connectivity index (χ2n) is 6.86. The Morgan fingerprint density at radius 2 is 1.74 bits per heavy atom. The molecule has 0 N–H and O–H groups in total. The fourth-order valence-electron chi connectivity index (χ4n) is 3.40. The molecular weight excluding hydrogens is 441 g/mol. The zero-order valence-electron chi connectivity index (χ0n) is 16.7. The van der Waals surface area contributed by atoms with Crippen molar-refractivity contribution in [1.29, 1.82) is 0 Å². The molecule has 10 heteroatoms. The van der Waals surface area contributed by atoms with E-state index in [0.29, 0.717) is 16.5 Å². The minimum Gasteiger partial charge on any atom is -0.496 e. The zero-order chi connectivity index (χ0) is 22.0. The van der Waals surface area contributed by atoms with Crippen LogP contribution in [0.15, 0.2) is 58.8 Å². The highest BCUT2D eigenvalue weighted by Gasteiger charge is 2.32. The Bertz CT molecular complexity index is 1200. The number of carbonyl (C=O) groups excluding carboxylic acids is 1. The van der Waals surface area contributed by atoms with E-state index in [9.17, 15) is 17.6 Å². The maximum Gasteiger partial charge on any atom is 0.273 e. The number of methoxy groups -OCH3 is 1. The largest absolute Gasteiger partial charge is 0.496 e. The molecule has 1 saturated heterocycles. The minimum absolute atomic E-state index is 0.0892. The minimum atomic E-state index is -3.95. The van der Waals surface area contributed by atoms with Crippen LogP contribution >= 0.6 is 11.3 Å². The monoisotopic (exact) mass is 461 g/mol. The Balaban J connectivity index is 1.46. The summed E-state index contributed by atoms with van der Waals surface area (Å²) >= 11 is 1.34. The van der Waals surface area contributed by atoms with E-state index in [-0.39, 0.29) is 37.0 Å². The number of nitrogens with zero attached hydrogens (tertiary/aromatic N) is 3. The number of piperazine rings is 1. The summed E-state index contributed by atoms with van der Waals surface area (Å²) in [7, 11) is -2.38. The van der Waals surface area contributed by atoms with Gasteiger partial charge in [0.2, 0.25) is 10.0 Å². The fourth-order valence-corrected chi connectivity index (χ4v) is 5.71. The number of rotatable bonds is 5. The topological polar surface area (TPSA) is 79.8 Å². The van der Waals surface area contributed by atoms with Gasteiger partial charge in [-0.05, 0) is 24.3 Å². The van der Waals surface area contributed by atoms with E-state index >= 15 is 0 Å². The first-order valence-electron chi connectivity index (χ1n) is 9.54. The Morgan fingerprint density at radius 1 is 1.06 bits per heavy atom. The van der Waals surface area contributed by atoms with Crippen LogP contribution in [0.4, 0.5) is 4.39 Å². The molecule has 7 nitrogen and oxygen atoms in total. The van der Waals surface area contributed by atoms with Crippen molar-refractivity contribution in [2.75, 3.05) is 33.3 Å². The number of hydrogen-bond donors (Lipinski definition) is 0. The second-order valence-corrected chi connectivity index (χ2v) is 9.63. The summed E-state index contributed by atoms with van der Waals surface area (Å²) in [5.74, 6) is -0.379. The van der Waals surface area contributed by atoms with Crippen molar-refractivity contribution < 1.29 is 22.3 Å². The predicted molar refractivity (Wildman–Crippen MR) is 115 cm³/mol. The van der Waals surface area contributed by atoms with Crippen LogP contribution in [0.25, 0.3) is 10.6 Å². The van der Waals surface area contributed by atoms with Crippen molar-refractivity contribution >= 4 is 27.3 Å². The van der Waals surface area contributed by atoms with Crippen LogP contribution in [0.2, 0.25) is 0 Å². The van der Waals surface area contributed by atoms with Crippen molar-refractivity contribution in [3.63, 3.8) is 0 Å². The Labute approximate surface area is 183 Å². The van der Waals surface area contributed by atoms with Gasteiger partial charge in [-0.25, -0.2) is 17.8 Å². The molecule has 1 aliphatic heterocycles. The van der Waals surface area contributed by atoms with Gasteiger partial charge in [-0.3, -0.25) is 4.79 Å². The van der Waals surface area contributed by atoms with Crippen molar-refractivity contribution in [1.82, 2.24) is 14.2 Å². The van der Waals surface area contributed by atoms with Crippen LogP contribution in [0.5, 0.6) is 5.75 Å². The van der Waals surface area contributed by atoms with Crippen LogP contribution in [-0.2, 0) is 10.0 Å². The number of halogens is 1. The standard InChI is InChI=1S/C21H20FN3O4S2/c1-29-18-8-4-2-6-15(18)20-23-17(14-30-20)21(26)24-10-12-25(13-11-24)31(27,28)19-9-5-3-7-16(19)22/h2-9,14H,10-13H2,1H3. The fraction of sp³-hybridized carbons (Fsp3) is 0.238. The molecule has 0 unspecified atom stereocenters. The number of amides is 1. The van der Waals surface area contributed by atoms with Crippen LogP contribution in [-0.4, -0.2) is 61.8 Å². The number of sulfonamides is 1. The normalized spacial score (nSPS) is 15.1. The smallest absolute Gasteiger partial charge is 0.273 e. The summed E-state index contributed by atoms with van der Waals surface area (Å²) < 4.78 is 46.0. The quantitative estimate of drug-likeness (QED) is 0.583. The first-order valence-corrected chi connectivity index (χ1v) is 11.9. The van der Waals surface area contributed by atoms with Gasteiger partial charge in [-0.2, -0.15) is 4.31 Å². The van der Waals surface area contributed by atoms with Crippen molar-refractivity contribution in [3.05, 3.63) is 65.4 Å². The highest BCUT2D eigenvalue weighted by Crippen LogP contribution is 2.32. The molecule has 2 heterocycles. The first kappa shape index (κ1) is 21.4. The summed E-state index contributed by atoms with van der Waals surface area (Å²) in [6.07, 6.45) is 0. The lowest BCUT2D eigenvalue weighted by atomic mass is 10.2. The molecule has 0 aliphatic carbocycles. The van der Waals surface area contributed by atoms with Gasteiger partial charge in [0.25, 0.3) is 5.91 Å². The number of hydrogen-bond acceptors (Lipinski definition) is 6. The number of ether oxygens (including phenoxy) is 1. The molecule has 1 fully saturated rings. The Morgan fingerprint density at radius 3 is 2.45 bits per heavy atom. The molecule has 2 aromatic carbocycles. The maximum atomic E-state index is 14.0. The van der Waals surface area contributed by atoms with E-state index in [0.717, 1.165) is 11.6 Å². The molecule has 0 radical (unpaired) electrons. The lowest BCUT2D eigenvalue weighted by Gasteiger charge is -2.33. The van der Waals surface area contributed by atoms with Crippen molar-refractivity contribution in [2.45, 2.75) is 4.90 Å². The third-order valence-electron chi connectivity index (χ3n) is 5.04. The number of para-hydroxylation sites is 1. The molecule has 0 atom stereocenters. The Hall–Kier alpha value is -2.82. The summed E-state index contributed by atoms with van der Waals surface area (Å²) in [6.45, 7) is 0.583. The number of aromatic nitrogens is 1. The molecule has 1 aromatic heterocycles. The molecule has 3 aromatic rings. The third kappa shape index (κ3) is 4.18. The van der Waals surface area contributed by atoms with E-state index in [4.69, 9.17) is 4.74 Å². The van der Waals surface area contributed by atoms with E-state index in [1.807, 2.05) is 24.3 Å². The highest BCUT2D eigenvalue weighted by atomic mass is 32.2. The lowest BCUT2D eigenvalue weighted by Crippen LogP contribution is -2.50. The van der Waals surface area contributed by atoms with Gasteiger partial charge in [0, 0.05) is 31.6 Å². The van der Waals surface area contributed by atoms with E-state index < -0.39 is 15.8 Å². The molecule has 0 spiro atoms. The van der Waals surface area contributed by atoms with Gasteiger partial charge in [-0.1, -0.05) is 24.3 Å². The van der Waals surface area contributed by atoms with Gasteiger partial charge >= 0.3 is 0 Å². The summed E-state index contributed by atoms with van der Waals surface area (Å²) in [4.78, 5) is 18.6. The second kappa shape index (κ2) is 8.74. The summed E-state index contributed by atoms with van der Waals surface area (Å²) in [6, 6.07) is 12.7. The van der Waals surface area contributed by atoms with Crippen LogP contribution in [0.3, 0.4) is 0 Å². The molecule has 31 heavy (non-hydrogen) atoms. The SMILES string of the molecule is COc1ccccc1-c1nc(C(=O)N2CCN(S(=O)(=O)c3ccccc3F)CC2)cs1. The van der Waals surface area contributed by atoms with Crippen LogP contribution < -0.4 is 4.74 Å². The zero-order valence-corrected chi connectivity index (χ0v) is 18.3. The molecule has 0 saturated carbocycles. The molecule has 1 amide bonds. The van der Waals surface area contributed by atoms with Gasteiger partial charge < -0.3 is 9.64 Å². The van der Waals surface area contributed by atoms with Gasteiger partial charge in [0.15, 0.2) is 0 Å². The van der Waals surface area contributed by atoms with Gasteiger partial charge in [0.1, 0.15) is 27.2 Å². The highest BCUT2D eigenvalue weighted by molar-refractivity contribution is 7.89. The molecular formula is C21H20FN3O4S2. The molecule has 1 aliphatic rings. The first-order chi connectivity index (χ1) is 14.9. The molecule has 162 valence electrons. The van der Waals surface area contributed by atoms with E-state index in [2.05, 4.69) is 4.98 Å². The van der Waals surface area contributed by atoms with Gasteiger partial charge in [-0.15, -0.1) is 11.3 Å². The average molecular weight is 462 g/mol. The summed E-state index contributed by atoms with van der Waals surface area (Å²) in [5, 5.41) is 2.36. The third-order valence-corrected chi connectivity index (χ3v) is 7.85. The summed E-state index contributed by atoms with van der Waals surface area (Å²) in [5.41, 5.74) is 1.10. The average Bonchev–Trinajstić information content (AvgIpc) is 3.29. The van der Waals surface area contributed by atoms with Crippen molar-refractivity contribution in [2.24, 2.45) is 0 Å². The van der Waals surface area contributed by atoms with Crippen LogP contribution in [0.1, 0.15) is 10.5 Å². The lowest BCUT2D eigenvalue weighted by molar-refractivity contribution is 0.0692. The van der Waals surface area contributed by atoms with Gasteiger partial charge in [0.05, 0.1) is 12.7 Å². The molecule has 0 bridgehead atoms. The maximum absolute atomic E-state index is 14.0. The Kier molecular flexibility index (Phi) is 6.03. The number of carbonyl (C=O) groups is 1. The van der Waals surface area contributed by atoms with Crippen LogP contribution in [0, 0.1) is 5.82 Å². The number of thiazole rings is 1. The predicted octanol–water partition coefficient (Wildman–Crippen LogP) is 3.10. The van der Waals surface area contributed by atoms with Crippen molar-refractivity contribution in [3.8, 4) is 16.3 Å². The number of benzene rings is 2. The molecule has 4 rings (SSSR count). The van der Waals surface area contributed by atoms with E-state index in [1.165, 1.54) is 33.8 Å². The van der Waals surface area contributed by atoms with E-state index in [1.54, 1.807) is 17.4 Å².